The number of hydrogen-bond donors (Lipinski definition) is 0. The average Bonchev–Trinajstić information content (AvgIpc) is 2.75. The number of methoxy groups -OCH3 is 1. The number of hydrogen-bond acceptors (Lipinski definition) is 4. The molecule has 0 heterocycles. The van der Waals surface area contributed by atoms with Crippen LogP contribution in [0.4, 0.5) is 0 Å². The van der Waals surface area contributed by atoms with Gasteiger partial charge >= 0.3 is 5.97 Å². The van der Waals surface area contributed by atoms with E-state index in [9.17, 15) is 9.36 Å². The van der Waals surface area contributed by atoms with Gasteiger partial charge in [0.15, 0.2) is 7.14 Å². The molecule has 1 atom stereocenters. The average molecular weight is 377 g/mol. The van der Waals surface area contributed by atoms with E-state index in [1.165, 1.54) is 7.11 Å². The lowest BCUT2D eigenvalue weighted by Crippen LogP contribution is -2.31. The number of benzene rings is 3. The predicted molar refractivity (Wildman–Crippen MR) is 110 cm³/mol. The molecule has 5 heteroatoms. The van der Waals surface area contributed by atoms with Gasteiger partial charge in [0.25, 0.3) is 0 Å². The highest BCUT2D eigenvalue weighted by Gasteiger charge is 2.42. The molecule has 1 unspecified atom stereocenters. The third-order valence-corrected chi connectivity index (χ3v) is 7.36. The van der Waals surface area contributed by atoms with E-state index in [-0.39, 0.29) is 0 Å². The number of carbonyl (C=O) groups excluding carboxylic acids is 1. The lowest BCUT2D eigenvalue weighted by molar-refractivity contribution is -0.139. The molecule has 0 saturated carbocycles. The topological polar surface area (TPSA) is 55.7 Å². The van der Waals surface area contributed by atoms with Crippen molar-refractivity contribution >= 4 is 29.9 Å². The first-order chi connectivity index (χ1) is 13.2. The third-order valence-electron chi connectivity index (χ3n) is 4.20. The molecule has 0 spiro atoms. The molecule has 0 amide bonds. The Labute approximate surface area is 158 Å². The van der Waals surface area contributed by atoms with Gasteiger partial charge in [-0.2, -0.15) is 0 Å². The number of carbonyl (C=O) groups is 1. The molecule has 4 nitrogen and oxygen atoms in total. The monoisotopic (exact) mass is 377 g/mol. The molecule has 3 rings (SSSR count). The van der Waals surface area contributed by atoms with Crippen LogP contribution in [0, 0.1) is 0 Å². The van der Waals surface area contributed by atoms with Crippen LogP contribution in [0.25, 0.3) is 0 Å². The fraction of sp³-hybridized carbons (Fsp3) is 0.0909. The molecular weight excluding hydrogens is 357 g/mol. The lowest BCUT2D eigenvalue weighted by atomic mass is 10.2. The molecule has 0 bridgehead atoms. The van der Waals surface area contributed by atoms with Gasteiger partial charge in [-0.15, -0.1) is 0 Å². The van der Waals surface area contributed by atoms with Crippen LogP contribution in [0.15, 0.2) is 96.0 Å². The predicted octanol–water partition coefficient (Wildman–Crippen LogP) is 3.62. The molecule has 0 aliphatic rings. The van der Waals surface area contributed by atoms with Crippen molar-refractivity contribution in [1.29, 1.82) is 0 Å². The van der Waals surface area contributed by atoms with Crippen LogP contribution in [0.2, 0.25) is 0 Å². The number of nitrogens with zero attached hydrogens (tertiary/aromatic N) is 1. The van der Waals surface area contributed by atoms with Crippen molar-refractivity contribution < 1.29 is 14.1 Å². The molecule has 0 aliphatic heterocycles. The van der Waals surface area contributed by atoms with Crippen molar-refractivity contribution in [3.63, 3.8) is 0 Å². The number of rotatable bonds is 6. The Hall–Kier alpha value is -2.97. The molecule has 0 fully saturated rings. The Morgan fingerprint density at radius 1 is 0.852 bits per heavy atom. The van der Waals surface area contributed by atoms with Gasteiger partial charge in [-0.25, -0.2) is 4.79 Å². The Morgan fingerprint density at radius 2 is 1.30 bits per heavy atom. The van der Waals surface area contributed by atoms with E-state index < -0.39 is 18.9 Å². The van der Waals surface area contributed by atoms with E-state index in [2.05, 4.69) is 4.99 Å². The SMILES string of the molecule is COC(=O)C(/N=C/c1ccccc1)P(=O)(c1ccccc1)c1ccccc1. The van der Waals surface area contributed by atoms with Crippen LogP contribution in [0.1, 0.15) is 5.56 Å². The summed E-state index contributed by atoms with van der Waals surface area (Å²) in [5.41, 5.74) is 0.819. The lowest BCUT2D eigenvalue weighted by Gasteiger charge is -2.24. The first-order valence-electron chi connectivity index (χ1n) is 8.53. The summed E-state index contributed by atoms with van der Waals surface area (Å²) in [6.45, 7) is 0. The quantitative estimate of drug-likeness (QED) is 0.375. The second-order valence-electron chi connectivity index (χ2n) is 5.91. The summed E-state index contributed by atoms with van der Waals surface area (Å²) < 4.78 is 19.3. The normalized spacial score (nSPS) is 12.6. The van der Waals surface area contributed by atoms with Crippen molar-refractivity contribution in [2.45, 2.75) is 5.78 Å². The maximum Gasteiger partial charge on any atom is 0.338 e. The zero-order chi connectivity index (χ0) is 19.1. The van der Waals surface area contributed by atoms with Crippen LogP contribution >= 0.6 is 7.14 Å². The highest BCUT2D eigenvalue weighted by atomic mass is 31.2. The Morgan fingerprint density at radius 3 is 1.74 bits per heavy atom. The number of esters is 1. The van der Waals surface area contributed by atoms with Crippen molar-refractivity contribution in [3.8, 4) is 0 Å². The summed E-state index contributed by atoms with van der Waals surface area (Å²) >= 11 is 0. The first-order valence-corrected chi connectivity index (χ1v) is 10.3. The molecule has 27 heavy (non-hydrogen) atoms. The Bertz CT molecular complexity index is 913. The fourth-order valence-electron chi connectivity index (χ4n) is 2.83. The minimum atomic E-state index is -3.42. The van der Waals surface area contributed by atoms with Crippen LogP contribution in [0.5, 0.6) is 0 Å². The van der Waals surface area contributed by atoms with E-state index in [0.717, 1.165) is 5.56 Å². The second kappa shape index (κ2) is 8.61. The van der Waals surface area contributed by atoms with Crippen molar-refractivity contribution in [3.05, 3.63) is 96.6 Å². The molecule has 136 valence electrons. The van der Waals surface area contributed by atoms with Gasteiger partial charge in [0.2, 0.25) is 5.78 Å². The summed E-state index contributed by atoms with van der Waals surface area (Å²) in [5, 5.41) is 1.13. The van der Waals surface area contributed by atoms with E-state index in [4.69, 9.17) is 4.74 Å². The largest absolute Gasteiger partial charge is 0.467 e. The molecule has 0 N–H and O–H groups in total. The van der Waals surface area contributed by atoms with E-state index in [1.807, 2.05) is 42.5 Å². The smallest absolute Gasteiger partial charge is 0.338 e. The summed E-state index contributed by atoms with van der Waals surface area (Å²) in [6.07, 6.45) is 1.57. The van der Waals surface area contributed by atoms with Gasteiger partial charge in [0.05, 0.1) is 7.11 Å². The fourth-order valence-corrected chi connectivity index (χ4v) is 5.58. The van der Waals surface area contributed by atoms with Crippen LogP contribution < -0.4 is 10.6 Å². The maximum absolute atomic E-state index is 14.3. The molecule has 3 aromatic rings. The van der Waals surface area contributed by atoms with Gasteiger partial charge in [-0.05, 0) is 5.56 Å². The molecule has 0 radical (unpaired) electrons. The van der Waals surface area contributed by atoms with Gasteiger partial charge in [0, 0.05) is 16.8 Å². The maximum atomic E-state index is 14.3. The minimum absolute atomic E-state index is 0.566. The Balaban J connectivity index is 2.16. The standard InChI is InChI=1S/C22H20NO3P/c1-26-22(24)21(23-17-18-11-5-2-6-12-18)27(25,19-13-7-3-8-14-19)20-15-9-4-10-16-20/h2-17,21H,1H3/b23-17+. The molecule has 0 saturated heterocycles. The van der Waals surface area contributed by atoms with Crippen LogP contribution in [-0.2, 0) is 14.1 Å². The minimum Gasteiger partial charge on any atom is -0.467 e. The summed E-state index contributed by atoms with van der Waals surface area (Å²) in [5.74, 6) is -1.79. The van der Waals surface area contributed by atoms with Gasteiger partial charge < -0.3 is 9.30 Å². The van der Waals surface area contributed by atoms with E-state index in [1.54, 1.807) is 54.7 Å². The highest BCUT2D eigenvalue weighted by molar-refractivity contribution is 7.80. The number of ether oxygens (including phenoxy) is 1. The molecular formula is C22H20NO3P. The molecule has 3 aromatic carbocycles. The van der Waals surface area contributed by atoms with Gasteiger partial charge in [-0.1, -0.05) is 91.0 Å². The van der Waals surface area contributed by atoms with Crippen molar-refractivity contribution in [2.24, 2.45) is 4.99 Å². The van der Waals surface area contributed by atoms with Crippen molar-refractivity contribution in [1.82, 2.24) is 0 Å². The third kappa shape index (κ3) is 4.07. The van der Waals surface area contributed by atoms with Crippen molar-refractivity contribution in [2.75, 3.05) is 7.11 Å². The molecule has 0 aromatic heterocycles. The zero-order valence-electron chi connectivity index (χ0n) is 14.9. The van der Waals surface area contributed by atoms with E-state index >= 15 is 0 Å². The first kappa shape index (κ1) is 18.8. The second-order valence-corrected chi connectivity index (χ2v) is 8.75. The van der Waals surface area contributed by atoms with Crippen LogP contribution in [-0.4, -0.2) is 25.1 Å². The number of aliphatic imine (C=N–C) groups is 1. The summed E-state index contributed by atoms with van der Waals surface area (Å²) in [6, 6.07) is 27.4. The van der Waals surface area contributed by atoms with E-state index in [0.29, 0.717) is 10.6 Å². The Kier molecular flexibility index (Phi) is 6.00. The summed E-state index contributed by atoms with van der Waals surface area (Å²) in [7, 11) is -2.13. The zero-order valence-corrected chi connectivity index (χ0v) is 15.8. The highest BCUT2D eigenvalue weighted by Crippen LogP contribution is 2.49. The summed E-state index contributed by atoms with van der Waals surface area (Å²) in [4.78, 5) is 17.0. The van der Waals surface area contributed by atoms with Gasteiger partial charge in [0.1, 0.15) is 0 Å². The molecule has 0 aliphatic carbocycles. The van der Waals surface area contributed by atoms with Crippen LogP contribution in [0.3, 0.4) is 0 Å². The van der Waals surface area contributed by atoms with Gasteiger partial charge in [-0.3, -0.25) is 4.99 Å².